The Morgan fingerprint density at radius 3 is 2.79 bits per heavy atom. The van der Waals surface area contributed by atoms with Crippen molar-refractivity contribution in [3.05, 3.63) is 53.6 Å². The number of hydrogen-bond donors (Lipinski definition) is 1. The number of rotatable bonds is 3. The molecule has 2 aromatic carbocycles. The van der Waals surface area contributed by atoms with Crippen LogP contribution >= 0.6 is 0 Å². The van der Waals surface area contributed by atoms with Crippen LogP contribution in [0.25, 0.3) is 0 Å². The van der Waals surface area contributed by atoms with Gasteiger partial charge in [-0.25, -0.2) is 0 Å². The van der Waals surface area contributed by atoms with Crippen molar-refractivity contribution in [1.82, 2.24) is 5.32 Å². The number of hydrogen-bond acceptors (Lipinski definition) is 4. The van der Waals surface area contributed by atoms with Crippen LogP contribution in [0, 0.1) is 5.92 Å². The maximum absolute atomic E-state index is 12.5. The first-order valence-corrected chi connectivity index (χ1v) is 8.17. The van der Waals surface area contributed by atoms with Crippen molar-refractivity contribution >= 4 is 5.91 Å². The van der Waals surface area contributed by atoms with Crippen LogP contribution in [0.5, 0.6) is 17.2 Å². The lowest BCUT2D eigenvalue weighted by Crippen LogP contribution is -2.37. The zero-order chi connectivity index (χ0) is 16.4. The predicted molar refractivity (Wildman–Crippen MR) is 88.4 cm³/mol. The molecular weight excluding hydrogens is 306 g/mol. The van der Waals surface area contributed by atoms with Crippen molar-refractivity contribution in [1.29, 1.82) is 0 Å². The Bertz CT molecular complexity index is 759. The topological polar surface area (TPSA) is 56.8 Å². The Hall–Kier alpha value is -2.69. The van der Waals surface area contributed by atoms with Crippen molar-refractivity contribution in [3.63, 3.8) is 0 Å². The maximum atomic E-state index is 12.5. The van der Waals surface area contributed by atoms with E-state index in [1.54, 1.807) is 0 Å². The molecule has 2 aliphatic heterocycles. The standard InChI is InChI=1S/C19H19NO4/c21-19(15-10-13-4-1-2-6-16(13)24-12-15)20-11-14-5-3-7-17-18(14)23-9-8-22-17/h1-7,15H,8-12H2,(H,20,21)/t15-/m0/s1. The molecule has 1 N–H and O–H groups in total. The number of carbonyl (C=O) groups is 1. The third-order valence-corrected chi connectivity index (χ3v) is 4.35. The monoisotopic (exact) mass is 325 g/mol. The Kier molecular flexibility index (Phi) is 3.99. The van der Waals surface area contributed by atoms with Crippen LogP contribution < -0.4 is 19.5 Å². The van der Waals surface area contributed by atoms with Crippen LogP contribution in [-0.2, 0) is 17.8 Å². The van der Waals surface area contributed by atoms with Crippen LogP contribution in [0.15, 0.2) is 42.5 Å². The van der Waals surface area contributed by atoms with Crippen LogP contribution in [0.1, 0.15) is 11.1 Å². The summed E-state index contributed by atoms with van der Waals surface area (Å²) in [5.74, 6) is 2.18. The molecule has 1 amide bonds. The zero-order valence-electron chi connectivity index (χ0n) is 13.3. The fraction of sp³-hybridized carbons (Fsp3) is 0.316. The van der Waals surface area contributed by atoms with Gasteiger partial charge in [-0.2, -0.15) is 0 Å². The summed E-state index contributed by atoms with van der Waals surface area (Å²) in [6.45, 7) is 1.92. The van der Waals surface area contributed by atoms with E-state index in [1.165, 1.54) is 0 Å². The van der Waals surface area contributed by atoms with E-state index in [4.69, 9.17) is 14.2 Å². The highest BCUT2D eigenvalue weighted by Crippen LogP contribution is 2.33. The van der Waals surface area contributed by atoms with E-state index in [-0.39, 0.29) is 11.8 Å². The van der Waals surface area contributed by atoms with Crippen molar-refractivity contribution in [2.24, 2.45) is 5.92 Å². The molecule has 0 aromatic heterocycles. The van der Waals surface area contributed by atoms with Gasteiger partial charge >= 0.3 is 0 Å². The Morgan fingerprint density at radius 2 is 1.83 bits per heavy atom. The van der Waals surface area contributed by atoms with E-state index in [0.717, 1.165) is 28.4 Å². The summed E-state index contributed by atoms with van der Waals surface area (Å²) < 4.78 is 16.9. The minimum atomic E-state index is -0.170. The Labute approximate surface area is 140 Å². The van der Waals surface area contributed by atoms with E-state index in [1.807, 2.05) is 42.5 Å². The molecule has 0 fully saturated rings. The zero-order valence-corrected chi connectivity index (χ0v) is 13.3. The molecule has 5 heteroatoms. The van der Waals surface area contributed by atoms with Crippen molar-refractivity contribution in [2.75, 3.05) is 19.8 Å². The molecular formula is C19H19NO4. The minimum Gasteiger partial charge on any atom is -0.492 e. The summed E-state index contributed by atoms with van der Waals surface area (Å²) >= 11 is 0. The first-order chi connectivity index (χ1) is 11.8. The lowest BCUT2D eigenvalue weighted by molar-refractivity contribution is -0.126. The number of fused-ring (bicyclic) bond motifs is 2. The van der Waals surface area contributed by atoms with E-state index in [0.29, 0.717) is 32.8 Å². The number of carbonyl (C=O) groups excluding carboxylic acids is 1. The fourth-order valence-electron chi connectivity index (χ4n) is 3.10. The molecule has 0 spiro atoms. The Balaban J connectivity index is 1.41. The van der Waals surface area contributed by atoms with Crippen LogP contribution in [-0.4, -0.2) is 25.7 Å². The molecule has 2 heterocycles. The van der Waals surface area contributed by atoms with Crippen molar-refractivity contribution in [2.45, 2.75) is 13.0 Å². The normalized spacial score (nSPS) is 18.2. The number of para-hydroxylation sites is 2. The third-order valence-electron chi connectivity index (χ3n) is 4.35. The quantitative estimate of drug-likeness (QED) is 0.941. The maximum Gasteiger partial charge on any atom is 0.227 e. The van der Waals surface area contributed by atoms with Gasteiger partial charge in [0.1, 0.15) is 25.6 Å². The summed E-state index contributed by atoms with van der Waals surface area (Å²) in [4.78, 5) is 12.5. The first-order valence-electron chi connectivity index (χ1n) is 8.17. The van der Waals surface area contributed by atoms with Gasteiger partial charge in [0.2, 0.25) is 5.91 Å². The van der Waals surface area contributed by atoms with Crippen molar-refractivity contribution < 1.29 is 19.0 Å². The molecule has 2 aliphatic rings. The largest absolute Gasteiger partial charge is 0.492 e. The second-order valence-corrected chi connectivity index (χ2v) is 5.98. The van der Waals surface area contributed by atoms with Gasteiger partial charge in [-0.3, -0.25) is 4.79 Å². The molecule has 2 aromatic rings. The van der Waals surface area contributed by atoms with Gasteiger partial charge in [0.15, 0.2) is 11.5 Å². The van der Waals surface area contributed by atoms with Crippen molar-refractivity contribution in [3.8, 4) is 17.2 Å². The van der Waals surface area contributed by atoms with E-state index in [9.17, 15) is 4.79 Å². The van der Waals surface area contributed by atoms with Gasteiger partial charge in [0.25, 0.3) is 0 Å². The highest BCUT2D eigenvalue weighted by atomic mass is 16.6. The molecule has 1 atom stereocenters. The predicted octanol–water partition coefficient (Wildman–Crippen LogP) is 2.33. The van der Waals surface area contributed by atoms with Gasteiger partial charge < -0.3 is 19.5 Å². The van der Waals surface area contributed by atoms with Crippen LogP contribution in [0.2, 0.25) is 0 Å². The second-order valence-electron chi connectivity index (χ2n) is 5.98. The van der Waals surface area contributed by atoms with Gasteiger partial charge in [-0.15, -0.1) is 0 Å². The molecule has 0 unspecified atom stereocenters. The molecule has 24 heavy (non-hydrogen) atoms. The molecule has 0 aliphatic carbocycles. The summed E-state index contributed by atoms with van der Waals surface area (Å²) in [6, 6.07) is 13.6. The summed E-state index contributed by atoms with van der Waals surface area (Å²) in [7, 11) is 0. The van der Waals surface area contributed by atoms with E-state index in [2.05, 4.69) is 5.32 Å². The number of nitrogens with one attached hydrogen (secondary N) is 1. The summed E-state index contributed by atoms with van der Waals surface area (Å²) in [5.41, 5.74) is 2.01. The summed E-state index contributed by atoms with van der Waals surface area (Å²) in [6.07, 6.45) is 0.703. The van der Waals surface area contributed by atoms with Crippen LogP contribution in [0.3, 0.4) is 0 Å². The smallest absolute Gasteiger partial charge is 0.227 e. The molecule has 124 valence electrons. The minimum absolute atomic E-state index is 0.00108. The molecule has 0 bridgehead atoms. The van der Waals surface area contributed by atoms with Gasteiger partial charge in [-0.1, -0.05) is 30.3 Å². The highest BCUT2D eigenvalue weighted by molar-refractivity contribution is 5.79. The van der Waals surface area contributed by atoms with Gasteiger partial charge in [-0.05, 0) is 24.1 Å². The molecule has 0 saturated heterocycles. The summed E-state index contributed by atoms with van der Waals surface area (Å²) in [5, 5.41) is 3.00. The average molecular weight is 325 g/mol. The molecule has 0 radical (unpaired) electrons. The van der Waals surface area contributed by atoms with E-state index >= 15 is 0 Å². The molecule has 4 rings (SSSR count). The van der Waals surface area contributed by atoms with E-state index < -0.39 is 0 Å². The SMILES string of the molecule is O=C(NCc1cccc2c1OCCO2)[C@@H]1COc2ccccc2C1. The third kappa shape index (κ3) is 2.89. The van der Waals surface area contributed by atoms with Crippen LogP contribution in [0.4, 0.5) is 0 Å². The Morgan fingerprint density at radius 1 is 1.00 bits per heavy atom. The average Bonchev–Trinajstić information content (AvgIpc) is 2.65. The van der Waals surface area contributed by atoms with Gasteiger partial charge in [0, 0.05) is 12.1 Å². The molecule has 5 nitrogen and oxygen atoms in total. The lowest BCUT2D eigenvalue weighted by atomic mass is 9.96. The fourth-order valence-corrected chi connectivity index (χ4v) is 3.10. The number of ether oxygens (including phenoxy) is 3. The number of amides is 1. The number of benzene rings is 2. The van der Waals surface area contributed by atoms with Gasteiger partial charge in [0.05, 0.1) is 5.92 Å². The first kappa shape index (κ1) is 14.9. The molecule has 0 saturated carbocycles. The second kappa shape index (κ2) is 6.43. The lowest BCUT2D eigenvalue weighted by Gasteiger charge is -2.25. The highest BCUT2D eigenvalue weighted by Gasteiger charge is 2.26.